The zero-order valence-electron chi connectivity index (χ0n) is 9.91. The quantitative estimate of drug-likeness (QED) is 0.757. The Morgan fingerprint density at radius 3 is 2.06 bits per heavy atom. The van der Waals surface area contributed by atoms with E-state index in [-0.39, 0.29) is 0 Å². The summed E-state index contributed by atoms with van der Waals surface area (Å²) >= 11 is 0. The monoisotopic (exact) mass is 255 g/mol. The average Bonchev–Trinajstić information content (AvgIpc) is 2.12. The first-order chi connectivity index (χ1) is 7.54. The molecule has 0 aliphatic rings. The molecule has 0 heterocycles. The molecule has 0 bridgehead atoms. The molecule has 0 unspecified atom stereocenters. The van der Waals surface area contributed by atoms with E-state index in [2.05, 4.69) is 0 Å². The van der Waals surface area contributed by atoms with Gasteiger partial charge in [-0.3, -0.25) is 9.59 Å². The molecule has 100 valence electrons. The molecule has 0 aliphatic carbocycles. The molecule has 2 amide bonds. The molecule has 0 aliphatic heterocycles. The molecule has 8 heteroatoms. The van der Waals surface area contributed by atoms with Crippen LogP contribution in [-0.2, 0) is 9.59 Å². The number of hydrogen-bond acceptors (Lipinski definition) is 3. The van der Waals surface area contributed by atoms with E-state index in [9.17, 15) is 22.8 Å². The van der Waals surface area contributed by atoms with Gasteiger partial charge in [0.2, 0.25) is 11.8 Å². The summed E-state index contributed by atoms with van der Waals surface area (Å²) < 4.78 is 36.7. The lowest BCUT2D eigenvalue weighted by molar-refractivity contribution is -0.164. The van der Waals surface area contributed by atoms with E-state index in [1.807, 2.05) is 0 Å². The number of likely N-dealkylation sites (N-methyl/N-ethyl adjacent to an activating group) is 1. The Labute approximate surface area is 97.3 Å². The molecule has 0 aromatic heterocycles. The number of amides is 2. The topological polar surface area (TPSA) is 66.6 Å². The molecule has 17 heavy (non-hydrogen) atoms. The van der Waals surface area contributed by atoms with Crippen LogP contribution in [0.15, 0.2) is 0 Å². The van der Waals surface area contributed by atoms with Crippen LogP contribution in [0.3, 0.4) is 0 Å². The molecule has 0 saturated heterocycles. The molecule has 1 atom stereocenters. The molecule has 2 N–H and O–H groups in total. The van der Waals surface area contributed by atoms with E-state index in [4.69, 9.17) is 5.73 Å². The summed E-state index contributed by atoms with van der Waals surface area (Å²) in [5.74, 6) is -1.50. The molecule has 0 saturated carbocycles. The maximum atomic E-state index is 12.2. The molecule has 0 radical (unpaired) electrons. The van der Waals surface area contributed by atoms with Gasteiger partial charge in [0.05, 0.1) is 6.04 Å². The highest BCUT2D eigenvalue weighted by Crippen LogP contribution is 2.16. The first-order valence-electron chi connectivity index (χ1n) is 4.86. The highest BCUT2D eigenvalue weighted by Gasteiger charge is 2.34. The van der Waals surface area contributed by atoms with Gasteiger partial charge in [0.15, 0.2) is 0 Å². The van der Waals surface area contributed by atoms with E-state index < -0.39 is 37.1 Å². The zero-order chi connectivity index (χ0) is 13.8. The lowest BCUT2D eigenvalue weighted by Gasteiger charge is -2.26. The largest absolute Gasteiger partial charge is 0.406 e. The van der Waals surface area contributed by atoms with Gasteiger partial charge in [-0.2, -0.15) is 13.2 Å². The fourth-order valence-corrected chi connectivity index (χ4v) is 1.02. The van der Waals surface area contributed by atoms with Crippen molar-refractivity contribution in [1.82, 2.24) is 9.80 Å². The predicted molar refractivity (Wildman–Crippen MR) is 55.0 cm³/mol. The Morgan fingerprint density at radius 2 is 1.76 bits per heavy atom. The van der Waals surface area contributed by atoms with Gasteiger partial charge in [-0.15, -0.1) is 0 Å². The maximum Gasteiger partial charge on any atom is 0.406 e. The molecular formula is C9H16F3N3O2. The molecular weight excluding hydrogens is 239 g/mol. The van der Waals surface area contributed by atoms with Crippen LogP contribution in [0.1, 0.15) is 6.92 Å². The second-order valence-electron chi connectivity index (χ2n) is 3.89. The van der Waals surface area contributed by atoms with Crippen molar-refractivity contribution < 1.29 is 22.8 Å². The van der Waals surface area contributed by atoms with Crippen LogP contribution in [0.2, 0.25) is 0 Å². The average molecular weight is 255 g/mol. The van der Waals surface area contributed by atoms with Gasteiger partial charge in [0.1, 0.15) is 13.1 Å². The molecule has 5 nitrogen and oxygen atoms in total. The number of nitrogens with zero attached hydrogens (tertiary/aromatic N) is 2. The Kier molecular flexibility index (Phi) is 5.40. The lowest BCUT2D eigenvalue weighted by Crippen LogP contribution is -2.49. The van der Waals surface area contributed by atoms with Crippen molar-refractivity contribution in [3.63, 3.8) is 0 Å². The standard InChI is InChI=1S/C9H16F3N3O2/c1-6(13)8(17)15(5-9(10,11)12)4-7(16)14(2)3/h6H,4-5,13H2,1-3H3/t6-/m0/s1. The smallest absolute Gasteiger partial charge is 0.347 e. The van der Waals surface area contributed by atoms with E-state index in [1.165, 1.54) is 21.0 Å². The number of alkyl halides is 3. The van der Waals surface area contributed by atoms with Crippen molar-refractivity contribution in [1.29, 1.82) is 0 Å². The summed E-state index contributed by atoms with van der Waals surface area (Å²) in [6.07, 6.45) is -4.56. The molecule has 0 fully saturated rings. The second kappa shape index (κ2) is 5.85. The van der Waals surface area contributed by atoms with Gasteiger partial charge in [0.25, 0.3) is 0 Å². The summed E-state index contributed by atoms with van der Waals surface area (Å²) in [5.41, 5.74) is 5.22. The van der Waals surface area contributed by atoms with Crippen molar-refractivity contribution in [2.75, 3.05) is 27.2 Å². The van der Waals surface area contributed by atoms with E-state index in [1.54, 1.807) is 0 Å². The van der Waals surface area contributed by atoms with Gasteiger partial charge < -0.3 is 15.5 Å². The Morgan fingerprint density at radius 1 is 1.29 bits per heavy atom. The fraction of sp³-hybridized carbons (Fsp3) is 0.778. The normalized spacial score (nSPS) is 13.1. The van der Waals surface area contributed by atoms with Gasteiger partial charge >= 0.3 is 6.18 Å². The van der Waals surface area contributed by atoms with Crippen LogP contribution in [0.5, 0.6) is 0 Å². The Bertz CT molecular complexity index is 290. The minimum atomic E-state index is -4.56. The van der Waals surface area contributed by atoms with Crippen LogP contribution < -0.4 is 5.73 Å². The van der Waals surface area contributed by atoms with Gasteiger partial charge in [-0.25, -0.2) is 0 Å². The van der Waals surface area contributed by atoms with Crippen molar-refractivity contribution in [2.45, 2.75) is 19.1 Å². The number of hydrogen-bond donors (Lipinski definition) is 1. The highest BCUT2D eigenvalue weighted by molar-refractivity contribution is 5.87. The first kappa shape index (κ1) is 15.7. The highest BCUT2D eigenvalue weighted by atomic mass is 19.4. The minimum Gasteiger partial charge on any atom is -0.347 e. The van der Waals surface area contributed by atoms with E-state index >= 15 is 0 Å². The Balaban J connectivity index is 4.75. The third-order valence-electron chi connectivity index (χ3n) is 1.90. The third-order valence-corrected chi connectivity index (χ3v) is 1.90. The lowest BCUT2D eigenvalue weighted by atomic mass is 10.3. The van der Waals surface area contributed by atoms with Crippen molar-refractivity contribution in [3.05, 3.63) is 0 Å². The number of carbonyl (C=O) groups is 2. The van der Waals surface area contributed by atoms with Crippen molar-refractivity contribution >= 4 is 11.8 Å². The van der Waals surface area contributed by atoms with Gasteiger partial charge in [-0.05, 0) is 6.92 Å². The van der Waals surface area contributed by atoms with Crippen LogP contribution in [-0.4, -0.2) is 61.0 Å². The summed E-state index contributed by atoms with van der Waals surface area (Å²) in [5, 5.41) is 0. The molecule has 0 spiro atoms. The van der Waals surface area contributed by atoms with Crippen LogP contribution in [0, 0.1) is 0 Å². The zero-order valence-corrected chi connectivity index (χ0v) is 9.91. The van der Waals surface area contributed by atoms with Crippen LogP contribution >= 0.6 is 0 Å². The van der Waals surface area contributed by atoms with Gasteiger partial charge in [-0.1, -0.05) is 0 Å². The van der Waals surface area contributed by atoms with Crippen molar-refractivity contribution in [2.24, 2.45) is 5.73 Å². The molecule has 0 aromatic rings. The van der Waals surface area contributed by atoms with Crippen molar-refractivity contribution in [3.8, 4) is 0 Å². The van der Waals surface area contributed by atoms with E-state index in [0.29, 0.717) is 4.90 Å². The Hall–Kier alpha value is -1.31. The second-order valence-corrected chi connectivity index (χ2v) is 3.89. The van der Waals surface area contributed by atoms with Crippen LogP contribution in [0.25, 0.3) is 0 Å². The summed E-state index contributed by atoms with van der Waals surface area (Å²) in [6.45, 7) is -0.842. The third kappa shape index (κ3) is 6.10. The minimum absolute atomic E-state index is 0.410. The van der Waals surface area contributed by atoms with Crippen LogP contribution in [0.4, 0.5) is 13.2 Å². The molecule has 0 rings (SSSR count). The number of rotatable bonds is 4. The number of nitrogens with two attached hydrogens (primary N) is 1. The number of carbonyl (C=O) groups excluding carboxylic acids is 2. The fourth-order valence-electron chi connectivity index (χ4n) is 1.02. The predicted octanol–water partition coefficient (Wildman–Crippen LogP) is -0.187. The van der Waals surface area contributed by atoms with E-state index in [0.717, 1.165) is 4.90 Å². The first-order valence-corrected chi connectivity index (χ1v) is 4.86. The van der Waals surface area contributed by atoms with Gasteiger partial charge in [0, 0.05) is 14.1 Å². The summed E-state index contributed by atoms with van der Waals surface area (Å²) in [4.78, 5) is 24.2. The summed E-state index contributed by atoms with van der Waals surface area (Å²) in [7, 11) is 2.79. The SMILES string of the molecule is C[C@H](N)C(=O)N(CC(=O)N(C)C)CC(F)(F)F. The number of halogens is 3. The summed E-state index contributed by atoms with van der Waals surface area (Å²) in [6, 6.07) is -1.08. The molecule has 0 aromatic carbocycles. The maximum absolute atomic E-state index is 12.2.